The Morgan fingerprint density at radius 1 is 0.959 bits per heavy atom. The van der Waals surface area contributed by atoms with Crippen molar-refractivity contribution < 1.29 is 27.9 Å². The summed E-state index contributed by atoms with van der Waals surface area (Å²) in [6.07, 6.45) is 1.10. The van der Waals surface area contributed by atoms with Gasteiger partial charge in [-0.1, -0.05) is 37.8 Å². The van der Waals surface area contributed by atoms with Gasteiger partial charge in [-0.2, -0.15) is 0 Å². The van der Waals surface area contributed by atoms with Crippen molar-refractivity contribution in [3.05, 3.63) is 60.9 Å². The molecule has 12 nitrogen and oxygen atoms in total. The Morgan fingerprint density at radius 2 is 1.67 bits per heavy atom. The molecule has 49 heavy (non-hydrogen) atoms. The largest absolute Gasteiger partial charge is 0.438 e. The maximum absolute atomic E-state index is 12.8. The zero-order valence-corrected chi connectivity index (χ0v) is 31.4. The van der Waals surface area contributed by atoms with E-state index in [0.717, 1.165) is 48.9 Å². The van der Waals surface area contributed by atoms with Crippen LogP contribution in [0.2, 0.25) is 25.7 Å². The molecule has 2 aromatic heterocycles. The molecule has 1 aliphatic rings. The third kappa shape index (κ3) is 10.00. The first-order valence-electron chi connectivity index (χ1n) is 16.9. The summed E-state index contributed by atoms with van der Waals surface area (Å²) in [5.74, 6) is 0.357. The minimum absolute atomic E-state index is 0.178. The molecular weight excluding hydrogens is 659 g/mol. The predicted octanol–water partition coefficient (Wildman–Crippen LogP) is 7.16. The number of ether oxygens (including phenoxy) is 2. The van der Waals surface area contributed by atoms with Crippen molar-refractivity contribution in [3.8, 4) is 22.9 Å². The molecule has 0 radical (unpaired) electrons. The second-order valence-corrected chi connectivity index (χ2v) is 21.0. The molecule has 1 fully saturated rings. The van der Waals surface area contributed by atoms with E-state index in [4.69, 9.17) is 18.5 Å². The number of benzene rings is 2. The smallest absolute Gasteiger partial charge is 0.340 e. The van der Waals surface area contributed by atoms with E-state index in [1.807, 2.05) is 6.07 Å². The van der Waals surface area contributed by atoms with Gasteiger partial charge in [-0.05, 0) is 62.8 Å². The van der Waals surface area contributed by atoms with Gasteiger partial charge in [-0.3, -0.25) is 9.36 Å². The summed E-state index contributed by atoms with van der Waals surface area (Å²) in [5.41, 5.74) is 4.37. The SMILES string of the molecule is CCOP(=O)(CC(=O)Nc1cccc(Oc2ncnc3c2cc(-c2ccc(N4CCN(C)CC4)cc2)n3COCC[Si](C)(C)C)c1)OCC. The van der Waals surface area contributed by atoms with Gasteiger partial charge in [0.05, 0.1) is 24.3 Å². The van der Waals surface area contributed by atoms with Crippen LogP contribution in [0.5, 0.6) is 11.6 Å². The molecule has 1 amide bonds. The van der Waals surface area contributed by atoms with Gasteiger partial charge < -0.3 is 38.2 Å². The number of nitrogens with zero attached hydrogens (tertiary/aromatic N) is 5. The normalized spacial score (nSPS) is 14.4. The van der Waals surface area contributed by atoms with Crippen LogP contribution in [0.25, 0.3) is 22.3 Å². The quantitative estimate of drug-likeness (QED) is 0.0730. The number of likely N-dealkylation sites (N-methyl/N-ethyl adjacent to an activating group) is 1. The van der Waals surface area contributed by atoms with E-state index in [1.165, 1.54) is 12.0 Å². The van der Waals surface area contributed by atoms with Gasteiger partial charge in [0.15, 0.2) is 0 Å². The first-order valence-corrected chi connectivity index (χ1v) is 22.3. The minimum atomic E-state index is -3.54. The molecule has 0 unspecified atom stereocenters. The lowest BCUT2D eigenvalue weighted by Gasteiger charge is -2.34. The van der Waals surface area contributed by atoms with Gasteiger partial charge in [-0.25, -0.2) is 9.97 Å². The van der Waals surface area contributed by atoms with E-state index >= 15 is 0 Å². The molecule has 5 rings (SSSR count). The second-order valence-electron chi connectivity index (χ2n) is 13.3. The van der Waals surface area contributed by atoms with Gasteiger partial charge in [-0.15, -0.1) is 0 Å². The highest BCUT2D eigenvalue weighted by Crippen LogP contribution is 2.47. The minimum Gasteiger partial charge on any atom is -0.438 e. The standard InChI is InChI=1S/C35H49N6O6PSi/c1-7-45-48(43,46-8-2)24-33(42)38-28-10-9-11-30(22-28)47-35-31-23-32(27-12-14-29(15-13-27)40-18-16-39(3)17-19-40)41(34(31)36-25-37-35)26-44-20-21-49(4,5)6/h9-15,22-23,25H,7-8,16-21,24,26H2,1-6H3,(H,38,42). The van der Waals surface area contributed by atoms with Gasteiger partial charge in [0.2, 0.25) is 11.8 Å². The van der Waals surface area contributed by atoms with Gasteiger partial charge in [0.25, 0.3) is 0 Å². The highest BCUT2D eigenvalue weighted by Gasteiger charge is 2.28. The number of carbonyl (C=O) groups excluding carboxylic acids is 1. The van der Waals surface area contributed by atoms with Crippen LogP contribution in [0.3, 0.4) is 0 Å². The van der Waals surface area contributed by atoms with Crippen molar-refractivity contribution in [2.45, 2.75) is 46.3 Å². The van der Waals surface area contributed by atoms with E-state index in [2.05, 4.69) is 80.6 Å². The maximum atomic E-state index is 12.8. The molecule has 3 heterocycles. The fourth-order valence-corrected chi connectivity index (χ4v) is 7.81. The monoisotopic (exact) mass is 708 g/mol. The van der Waals surface area contributed by atoms with Crippen LogP contribution in [0.4, 0.5) is 11.4 Å². The lowest BCUT2D eigenvalue weighted by molar-refractivity contribution is -0.114. The van der Waals surface area contributed by atoms with Gasteiger partial charge >= 0.3 is 7.60 Å². The number of hydrogen-bond donors (Lipinski definition) is 1. The number of fused-ring (bicyclic) bond motifs is 1. The number of aromatic nitrogens is 3. The van der Waals surface area contributed by atoms with Crippen molar-refractivity contribution in [3.63, 3.8) is 0 Å². The Hall–Kier alpha value is -3.58. The molecule has 0 bridgehead atoms. The summed E-state index contributed by atoms with van der Waals surface area (Å²) in [6, 6.07) is 18.7. The van der Waals surface area contributed by atoms with Crippen molar-refractivity contribution in [1.29, 1.82) is 0 Å². The summed E-state index contributed by atoms with van der Waals surface area (Å²) in [4.78, 5) is 26.7. The Labute approximate surface area is 290 Å². The fraction of sp³-hybridized carbons (Fsp3) is 0.457. The molecule has 0 saturated carbocycles. The number of rotatable bonds is 16. The summed E-state index contributed by atoms with van der Waals surface area (Å²) < 4.78 is 38.0. The number of anilines is 2. The lowest BCUT2D eigenvalue weighted by Crippen LogP contribution is -2.44. The molecule has 1 saturated heterocycles. The summed E-state index contributed by atoms with van der Waals surface area (Å²) in [5, 5.41) is 3.51. The van der Waals surface area contributed by atoms with Crippen LogP contribution in [0.15, 0.2) is 60.9 Å². The average Bonchev–Trinajstić information content (AvgIpc) is 3.43. The van der Waals surface area contributed by atoms with Crippen LogP contribution >= 0.6 is 7.60 Å². The molecule has 0 spiro atoms. The molecule has 0 aliphatic carbocycles. The van der Waals surface area contributed by atoms with E-state index in [1.54, 1.807) is 38.1 Å². The highest BCUT2D eigenvalue weighted by atomic mass is 31.2. The van der Waals surface area contributed by atoms with E-state index in [0.29, 0.717) is 36.3 Å². The van der Waals surface area contributed by atoms with E-state index in [-0.39, 0.29) is 19.4 Å². The topological polar surface area (TPSA) is 120 Å². The Kier molecular flexibility index (Phi) is 12.3. The number of hydrogen-bond acceptors (Lipinski definition) is 10. The molecule has 2 aromatic carbocycles. The molecule has 4 aromatic rings. The molecule has 14 heteroatoms. The van der Waals surface area contributed by atoms with Crippen LogP contribution in [0, 0.1) is 0 Å². The molecule has 0 atom stereocenters. The first kappa shape index (κ1) is 36.7. The third-order valence-electron chi connectivity index (χ3n) is 8.22. The average molecular weight is 709 g/mol. The third-order valence-corrected chi connectivity index (χ3v) is 11.9. The van der Waals surface area contributed by atoms with Crippen molar-refractivity contribution in [2.24, 2.45) is 0 Å². The maximum Gasteiger partial charge on any atom is 0.340 e. The molecule has 264 valence electrons. The Bertz CT molecular complexity index is 1740. The molecule has 1 N–H and O–H groups in total. The summed E-state index contributed by atoms with van der Waals surface area (Å²) >= 11 is 0. The van der Waals surface area contributed by atoms with Crippen LogP contribution in [0.1, 0.15) is 13.8 Å². The first-order chi connectivity index (χ1) is 23.5. The fourth-order valence-electron chi connectivity index (χ4n) is 5.58. The van der Waals surface area contributed by atoms with Crippen molar-refractivity contribution in [2.75, 3.05) is 69.4 Å². The zero-order chi connectivity index (χ0) is 35.0. The Balaban J connectivity index is 1.40. The van der Waals surface area contributed by atoms with Crippen LogP contribution in [-0.4, -0.2) is 92.6 Å². The molecule has 1 aliphatic heterocycles. The lowest BCUT2D eigenvalue weighted by atomic mass is 10.1. The van der Waals surface area contributed by atoms with Gasteiger partial charge in [0.1, 0.15) is 30.6 Å². The number of amides is 1. The van der Waals surface area contributed by atoms with E-state index in [9.17, 15) is 9.36 Å². The Morgan fingerprint density at radius 3 is 2.35 bits per heavy atom. The zero-order valence-electron chi connectivity index (χ0n) is 29.5. The summed E-state index contributed by atoms with van der Waals surface area (Å²) in [6.45, 7) is 15.9. The number of nitrogens with one attached hydrogen (secondary N) is 1. The second kappa shape index (κ2) is 16.4. The number of carbonyl (C=O) groups is 1. The van der Waals surface area contributed by atoms with Crippen LogP contribution in [-0.2, 0) is 29.9 Å². The highest BCUT2D eigenvalue weighted by molar-refractivity contribution is 7.54. The number of piperazine rings is 1. The summed E-state index contributed by atoms with van der Waals surface area (Å²) in [7, 11) is -2.64. The molecular formula is C35H49N6O6PSi. The van der Waals surface area contributed by atoms with Gasteiger partial charge in [0, 0.05) is 58.3 Å². The van der Waals surface area contributed by atoms with E-state index < -0.39 is 21.6 Å². The predicted molar refractivity (Wildman–Crippen MR) is 198 cm³/mol. The van der Waals surface area contributed by atoms with Crippen LogP contribution < -0.4 is 15.0 Å². The van der Waals surface area contributed by atoms with Crippen molar-refractivity contribution >= 4 is 44.0 Å². The van der Waals surface area contributed by atoms with Crippen molar-refractivity contribution in [1.82, 2.24) is 19.4 Å².